The molecule has 0 bridgehead atoms. The minimum absolute atomic E-state index is 0.730. The van der Waals surface area contributed by atoms with Crippen molar-refractivity contribution in [2.75, 3.05) is 39.8 Å². The first-order valence-corrected chi connectivity index (χ1v) is 16.2. The first-order chi connectivity index (χ1) is 20.0. The van der Waals surface area contributed by atoms with Crippen molar-refractivity contribution in [3.05, 3.63) is 83.6 Å². The van der Waals surface area contributed by atoms with Crippen molar-refractivity contribution in [3.63, 3.8) is 0 Å². The number of rotatable bonds is 10. The Morgan fingerprint density at radius 1 is 0.878 bits per heavy atom. The zero-order valence-corrected chi connectivity index (χ0v) is 25.6. The van der Waals surface area contributed by atoms with Gasteiger partial charge in [-0.25, -0.2) is 8.78 Å². The van der Waals surface area contributed by atoms with Gasteiger partial charge in [0.2, 0.25) is 0 Å². The predicted octanol–water partition coefficient (Wildman–Crippen LogP) is 9.15. The Balaban J connectivity index is 0.000000189. The summed E-state index contributed by atoms with van der Waals surface area (Å²) >= 11 is 0. The highest BCUT2D eigenvalue weighted by Gasteiger charge is 2.25. The molecular weight excluding hydrogens is 514 g/mol. The van der Waals surface area contributed by atoms with Crippen molar-refractivity contribution in [1.29, 1.82) is 0 Å². The lowest BCUT2D eigenvalue weighted by atomic mass is 9.83. The smallest absolute Gasteiger partial charge is 0.159 e. The van der Waals surface area contributed by atoms with Gasteiger partial charge in [0.1, 0.15) is 0 Å². The third kappa shape index (κ3) is 12.7. The largest absolute Gasteiger partial charge is 0.516 e. The lowest BCUT2D eigenvalue weighted by Crippen LogP contribution is -2.30. The van der Waals surface area contributed by atoms with Crippen LogP contribution in [-0.4, -0.2) is 54.7 Å². The highest BCUT2D eigenvalue weighted by Crippen LogP contribution is 2.32. The van der Waals surface area contributed by atoms with Gasteiger partial charge in [0.15, 0.2) is 11.6 Å². The molecule has 1 aliphatic carbocycles. The molecule has 2 aliphatic heterocycles. The lowest BCUT2D eigenvalue weighted by Gasteiger charge is -2.28. The molecule has 1 saturated carbocycles. The van der Waals surface area contributed by atoms with Gasteiger partial charge in [0.05, 0.1) is 6.26 Å². The zero-order valence-electron chi connectivity index (χ0n) is 25.6. The normalized spacial score (nSPS) is 20.2. The van der Waals surface area contributed by atoms with Gasteiger partial charge < -0.3 is 14.9 Å². The fourth-order valence-corrected chi connectivity index (χ4v) is 6.06. The molecule has 228 valence electrons. The maximum atomic E-state index is 13.0. The van der Waals surface area contributed by atoms with E-state index < -0.39 is 11.6 Å². The van der Waals surface area contributed by atoms with Gasteiger partial charge in [-0.3, -0.25) is 0 Å². The highest BCUT2D eigenvalue weighted by molar-refractivity contribution is 5.21. The van der Waals surface area contributed by atoms with Crippen LogP contribution in [0.2, 0.25) is 0 Å². The van der Waals surface area contributed by atoms with Crippen molar-refractivity contribution < 1.29 is 13.9 Å². The van der Waals surface area contributed by atoms with E-state index in [2.05, 4.69) is 54.1 Å². The molecule has 2 heterocycles. The first-order valence-electron chi connectivity index (χ1n) is 16.2. The molecule has 0 spiro atoms. The average molecular weight is 569 g/mol. The summed E-state index contributed by atoms with van der Waals surface area (Å²) in [5.74, 6) is 1.18. The highest BCUT2D eigenvalue weighted by atomic mass is 19.2. The van der Waals surface area contributed by atoms with Crippen LogP contribution in [-0.2, 0) is 6.42 Å². The van der Waals surface area contributed by atoms with Crippen LogP contribution in [0.25, 0.3) is 0 Å². The molecule has 0 aromatic heterocycles. The Morgan fingerprint density at radius 2 is 1.61 bits per heavy atom. The number of aliphatic hydroxyl groups excluding tert-OH is 1. The molecule has 3 aliphatic rings. The second-order valence-corrected chi connectivity index (χ2v) is 12.3. The molecule has 2 aromatic rings. The number of unbranched alkanes of at least 4 members (excludes halogenated alkanes) is 1. The number of aryl methyl sites for hydroxylation is 1. The Bertz CT molecular complexity index is 986. The van der Waals surface area contributed by atoms with E-state index in [0.717, 1.165) is 55.3 Å². The fourth-order valence-electron chi connectivity index (χ4n) is 6.06. The molecule has 0 amide bonds. The van der Waals surface area contributed by atoms with E-state index in [1.807, 2.05) is 0 Å². The zero-order chi connectivity index (χ0) is 29.3. The summed E-state index contributed by atoms with van der Waals surface area (Å²) in [6.45, 7) is 8.39. The SMILES string of the molecule is CCC/C=C/O.CN1CCC(CCCc2ccc(F)c(F)c2)CC1.c1ccc([C@@H]2CCN(CCC3CCC3)C2)cc1. The van der Waals surface area contributed by atoms with Crippen LogP contribution in [0.3, 0.4) is 0 Å². The maximum Gasteiger partial charge on any atom is 0.159 e. The lowest BCUT2D eigenvalue weighted by molar-refractivity contribution is 0.210. The van der Waals surface area contributed by atoms with Crippen molar-refractivity contribution >= 4 is 0 Å². The molecule has 1 N–H and O–H groups in total. The van der Waals surface area contributed by atoms with Crippen LogP contribution < -0.4 is 0 Å². The van der Waals surface area contributed by atoms with Crippen molar-refractivity contribution in [2.45, 2.75) is 89.9 Å². The summed E-state index contributed by atoms with van der Waals surface area (Å²) in [6, 6.07) is 15.3. The van der Waals surface area contributed by atoms with Gasteiger partial charge >= 0.3 is 0 Å². The minimum atomic E-state index is -0.755. The predicted molar refractivity (Wildman–Crippen MR) is 168 cm³/mol. The van der Waals surface area contributed by atoms with Crippen LogP contribution in [0.4, 0.5) is 8.78 Å². The van der Waals surface area contributed by atoms with Crippen LogP contribution in [0.5, 0.6) is 0 Å². The quantitative estimate of drug-likeness (QED) is 0.290. The Kier molecular flexibility index (Phi) is 15.5. The minimum Gasteiger partial charge on any atom is -0.516 e. The maximum absolute atomic E-state index is 13.0. The van der Waals surface area contributed by atoms with Gasteiger partial charge in [-0.2, -0.15) is 0 Å². The van der Waals surface area contributed by atoms with Gasteiger partial charge in [0, 0.05) is 6.54 Å². The number of hydrogen-bond acceptors (Lipinski definition) is 3. The average Bonchev–Trinajstić information content (AvgIpc) is 3.44. The van der Waals surface area contributed by atoms with Crippen LogP contribution >= 0.6 is 0 Å². The summed E-state index contributed by atoms with van der Waals surface area (Å²) in [5, 5.41) is 8.02. The number of allylic oxidation sites excluding steroid dienone is 1. The summed E-state index contributed by atoms with van der Waals surface area (Å²) in [7, 11) is 2.16. The topological polar surface area (TPSA) is 26.7 Å². The van der Waals surface area contributed by atoms with Crippen molar-refractivity contribution in [3.8, 4) is 0 Å². The van der Waals surface area contributed by atoms with E-state index in [-0.39, 0.29) is 0 Å². The monoisotopic (exact) mass is 568 g/mol. The van der Waals surface area contributed by atoms with Crippen LogP contribution in [0.1, 0.15) is 94.6 Å². The van der Waals surface area contributed by atoms with Gasteiger partial charge in [0.25, 0.3) is 0 Å². The van der Waals surface area contributed by atoms with Crippen LogP contribution in [0.15, 0.2) is 60.9 Å². The molecule has 3 nitrogen and oxygen atoms in total. The summed E-state index contributed by atoms with van der Waals surface area (Å²) in [5.41, 5.74) is 2.44. The third-order valence-electron chi connectivity index (χ3n) is 9.08. The molecule has 3 fully saturated rings. The number of nitrogens with zero attached hydrogens (tertiary/aromatic N) is 2. The molecular formula is C36H54F2N2O. The van der Waals surface area contributed by atoms with E-state index in [1.165, 1.54) is 96.2 Å². The Labute approximate surface area is 248 Å². The van der Waals surface area contributed by atoms with Crippen LogP contribution in [0, 0.1) is 23.5 Å². The van der Waals surface area contributed by atoms with Crippen molar-refractivity contribution in [2.24, 2.45) is 11.8 Å². The second-order valence-electron chi connectivity index (χ2n) is 12.3. The third-order valence-corrected chi connectivity index (χ3v) is 9.08. The molecule has 2 aromatic carbocycles. The van der Waals surface area contributed by atoms with Gasteiger partial charge in [-0.15, -0.1) is 0 Å². The molecule has 5 rings (SSSR count). The van der Waals surface area contributed by atoms with E-state index in [9.17, 15) is 8.78 Å². The number of halogens is 2. The molecule has 5 heteroatoms. The number of aliphatic hydroxyl groups is 1. The summed E-state index contributed by atoms with van der Waals surface area (Å²) in [6.07, 6.45) is 17.9. The van der Waals surface area contributed by atoms with E-state index >= 15 is 0 Å². The van der Waals surface area contributed by atoms with Gasteiger partial charge in [-0.1, -0.05) is 81.5 Å². The first kappa shape index (κ1) is 33.3. The van der Waals surface area contributed by atoms with E-state index in [0.29, 0.717) is 0 Å². The van der Waals surface area contributed by atoms with E-state index in [1.54, 1.807) is 17.7 Å². The number of likely N-dealkylation sites (tertiary alicyclic amines) is 2. The van der Waals surface area contributed by atoms with E-state index in [4.69, 9.17) is 5.11 Å². The molecule has 0 radical (unpaired) electrons. The Morgan fingerprint density at radius 3 is 2.22 bits per heavy atom. The number of hydrogen-bond donors (Lipinski definition) is 1. The molecule has 41 heavy (non-hydrogen) atoms. The summed E-state index contributed by atoms with van der Waals surface area (Å²) < 4.78 is 25.8. The molecule has 0 unspecified atom stereocenters. The number of piperidine rings is 1. The molecule has 2 saturated heterocycles. The van der Waals surface area contributed by atoms with Crippen molar-refractivity contribution in [1.82, 2.24) is 9.80 Å². The fraction of sp³-hybridized carbons (Fsp3) is 0.611. The standard InChI is InChI=1S/C16H23N.C15H21F2N.C5H10O/c1-2-7-15(8-3-1)16-10-12-17(13-16)11-9-14-5-4-6-14;1-18-9-7-12(8-10-18)3-2-4-13-5-6-14(16)15(17)11-13;1-2-3-4-5-6/h1-3,7-8,14,16H,4-6,9-13H2;5-6,11-12H,2-4,7-10H2,1H3;4-6H,2-3H2,1H3/b;;5-4+/t16-;;/m1../s1. The second kappa shape index (κ2) is 19.0. The molecule has 1 atom stereocenters. The summed E-state index contributed by atoms with van der Waals surface area (Å²) in [4.78, 5) is 5.04. The van der Waals surface area contributed by atoms with Gasteiger partial charge in [-0.05, 0) is 119 Å². The Hall–Kier alpha value is -2.24. The number of benzene rings is 2.